The predicted molar refractivity (Wildman–Crippen MR) is 130 cm³/mol. The highest BCUT2D eigenvalue weighted by atomic mass is 127. The van der Waals surface area contributed by atoms with E-state index in [-0.39, 0.29) is 48.2 Å². The van der Waals surface area contributed by atoms with Crippen LogP contribution in [0, 0.1) is 11.6 Å². The third-order valence-corrected chi connectivity index (χ3v) is 5.00. The van der Waals surface area contributed by atoms with Crippen molar-refractivity contribution in [1.82, 2.24) is 16.0 Å². The fourth-order valence-corrected chi connectivity index (χ4v) is 3.48. The molecule has 9 heteroatoms. The maximum absolute atomic E-state index is 14.0. The molecule has 2 aromatic carbocycles. The maximum Gasteiger partial charge on any atom is 0.239 e. The van der Waals surface area contributed by atoms with Crippen molar-refractivity contribution >= 4 is 41.5 Å². The van der Waals surface area contributed by atoms with Crippen molar-refractivity contribution in [3.05, 3.63) is 65.7 Å². The van der Waals surface area contributed by atoms with Crippen molar-refractivity contribution in [1.29, 1.82) is 0 Å². The van der Waals surface area contributed by atoms with Crippen LogP contribution in [0.2, 0.25) is 0 Å². The molecule has 1 atom stereocenters. The summed E-state index contributed by atoms with van der Waals surface area (Å²) in [7, 11) is 1.62. The molecule has 1 fully saturated rings. The van der Waals surface area contributed by atoms with Crippen LogP contribution in [0.4, 0.5) is 14.5 Å². The van der Waals surface area contributed by atoms with Crippen LogP contribution in [-0.4, -0.2) is 51.1 Å². The molecular formula is C22H28F2IN5O. The first-order valence-corrected chi connectivity index (χ1v) is 10.0. The van der Waals surface area contributed by atoms with Gasteiger partial charge in [0.25, 0.3) is 0 Å². The lowest BCUT2D eigenvalue weighted by atomic mass is 10.1. The number of nitrogens with one attached hydrogen (secondary N) is 3. The lowest BCUT2D eigenvalue weighted by Gasteiger charge is -2.21. The summed E-state index contributed by atoms with van der Waals surface area (Å²) in [6.07, 6.45) is 1.47. The molecule has 0 aliphatic carbocycles. The third kappa shape index (κ3) is 7.34. The second-order valence-electron chi connectivity index (χ2n) is 7.16. The highest BCUT2D eigenvalue weighted by molar-refractivity contribution is 14.0. The Morgan fingerprint density at radius 3 is 2.48 bits per heavy atom. The van der Waals surface area contributed by atoms with Gasteiger partial charge in [0.15, 0.2) is 5.96 Å². The van der Waals surface area contributed by atoms with Crippen LogP contribution in [0.15, 0.2) is 53.5 Å². The summed E-state index contributed by atoms with van der Waals surface area (Å²) in [6, 6.07) is 13.8. The number of hydrogen-bond acceptors (Lipinski definition) is 3. The quantitative estimate of drug-likeness (QED) is 0.286. The molecule has 1 aliphatic rings. The SMILES string of the molecule is CN=C(NCC(=O)NCCc1ccccc1)NC1CCN(c2c(F)cccc2F)C1.I. The van der Waals surface area contributed by atoms with E-state index in [4.69, 9.17) is 0 Å². The molecule has 1 saturated heterocycles. The van der Waals surface area contributed by atoms with Gasteiger partial charge in [-0.2, -0.15) is 0 Å². The maximum atomic E-state index is 14.0. The van der Waals surface area contributed by atoms with Gasteiger partial charge in [0, 0.05) is 32.7 Å². The highest BCUT2D eigenvalue weighted by Gasteiger charge is 2.27. The van der Waals surface area contributed by atoms with Gasteiger partial charge in [0.1, 0.15) is 17.3 Å². The Morgan fingerprint density at radius 2 is 1.81 bits per heavy atom. The number of carbonyl (C=O) groups excluding carboxylic acids is 1. The van der Waals surface area contributed by atoms with Crippen LogP contribution in [0.1, 0.15) is 12.0 Å². The van der Waals surface area contributed by atoms with E-state index in [1.807, 2.05) is 30.3 Å². The first-order chi connectivity index (χ1) is 14.6. The molecule has 168 valence electrons. The number of benzene rings is 2. The molecule has 2 aromatic rings. The number of rotatable bonds is 7. The molecule has 0 saturated carbocycles. The van der Waals surface area contributed by atoms with Gasteiger partial charge in [0.2, 0.25) is 5.91 Å². The molecule has 0 radical (unpaired) electrons. The first-order valence-electron chi connectivity index (χ1n) is 10.0. The van der Waals surface area contributed by atoms with E-state index in [2.05, 4.69) is 20.9 Å². The molecule has 3 N–H and O–H groups in total. The van der Waals surface area contributed by atoms with Crippen LogP contribution in [-0.2, 0) is 11.2 Å². The molecule has 1 unspecified atom stereocenters. The van der Waals surface area contributed by atoms with Crippen molar-refractivity contribution < 1.29 is 13.6 Å². The van der Waals surface area contributed by atoms with Crippen LogP contribution in [0.25, 0.3) is 0 Å². The minimum Gasteiger partial charge on any atom is -0.365 e. The van der Waals surface area contributed by atoms with E-state index in [1.54, 1.807) is 11.9 Å². The van der Waals surface area contributed by atoms with Gasteiger partial charge < -0.3 is 20.9 Å². The molecule has 0 aromatic heterocycles. The smallest absolute Gasteiger partial charge is 0.239 e. The number of amides is 1. The Morgan fingerprint density at radius 1 is 1.10 bits per heavy atom. The topological polar surface area (TPSA) is 68.8 Å². The molecule has 3 rings (SSSR count). The molecule has 0 spiro atoms. The standard InChI is InChI=1S/C22H27F2N5O.HI/c1-25-22(27-14-20(30)26-12-10-16-6-3-2-4-7-16)28-17-11-13-29(15-17)21-18(23)8-5-9-19(21)24;/h2-9,17H,10-15H2,1H3,(H,26,30)(H2,25,27,28);1H. The Balaban J connectivity index is 0.00000341. The zero-order chi connectivity index (χ0) is 21.3. The number of para-hydroxylation sites is 1. The van der Waals surface area contributed by atoms with E-state index in [9.17, 15) is 13.6 Å². The summed E-state index contributed by atoms with van der Waals surface area (Å²) in [6.45, 7) is 1.63. The van der Waals surface area contributed by atoms with Gasteiger partial charge >= 0.3 is 0 Å². The van der Waals surface area contributed by atoms with Gasteiger partial charge in [-0.15, -0.1) is 24.0 Å². The molecule has 0 bridgehead atoms. The first kappa shape index (κ1) is 24.8. The average Bonchev–Trinajstić information content (AvgIpc) is 3.19. The number of hydrogen-bond donors (Lipinski definition) is 3. The van der Waals surface area contributed by atoms with Gasteiger partial charge in [0.05, 0.1) is 6.54 Å². The van der Waals surface area contributed by atoms with Crippen molar-refractivity contribution in [2.75, 3.05) is 38.1 Å². The Kier molecular flexibility index (Phi) is 9.96. The number of nitrogens with zero attached hydrogens (tertiary/aromatic N) is 2. The Hall–Kier alpha value is -2.43. The van der Waals surface area contributed by atoms with Gasteiger partial charge in [-0.3, -0.25) is 9.79 Å². The van der Waals surface area contributed by atoms with Gasteiger partial charge in [-0.05, 0) is 30.5 Å². The summed E-state index contributed by atoms with van der Waals surface area (Å²) in [5.74, 6) is -0.778. The number of carbonyl (C=O) groups is 1. The van der Waals surface area contributed by atoms with Crippen molar-refractivity contribution in [2.45, 2.75) is 18.9 Å². The van der Waals surface area contributed by atoms with E-state index in [0.717, 1.165) is 6.42 Å². The lowest BCUT2D eigenvalue weighted by molar-refractivity contribution is -0.119. The summed E-state index contributed by atoms with van der Waals surface area (Å²) in [5.41, 5.74) is 1.17. The minimum absolute atomic E-state index is 0. The molecule has 1 aliphatic heterocycles. The van der Waals surface area contributed by atoms with Crippen LogP contribution in [0.3, 0.4) is 0 Å². The van der Waals surface area contributed by atoms with E-state index in [1.165, 1.54) is 23.8 Å². The fraction of sp³-hybridized carbons (Fsp3) is 0.364. The Labute approximate surface area is 198 Å². The summed E-state index contributed by atoms with van der Waals surface area (Å²) in [4.78, 5) is 17.9. The number of guanidine groups is 1. The van der Waals surface area contributed by atoms with Gasteiger partial charge in [-0.25, -0.2) is 8.78 Å². The molecule has 6 nitrogen and oxygen atoms in total. The van der Waals surface area contributed by atoms with Crippen LogP contribution < -0.4 is 20.9 Å². The summed E-state index contributed by atoms with van der Waals surface area (Å²) >= 11 is 0. The molecule has 1 amide bonds. The summed E-state index contributed by atoms with van der Waals surface area (Å²) in [5, 5.41) is 9.07. The average molecular weight is 543 g/mol. The normalized spacial score (nSPS) is 15.9. The van der Waals surface area contributed by atoms with Gasteiger partial charge in [-0.1, -0.05) is 36.4 Å². The van der Waals surface area contributed by atoms with Crippen LogP contribution >= 0.6 is 24.0 Å². The largest absolute Gasteiger partial charge is 0.365 e. The van der Waals surface area contributed by atoms with Crippen LogP contribution in [0.5, 0.6) is 0 Å². The Bertz CT molecular complexity index is 861. The second-order valence-corrected chi connectivity index (χ2v) is 7.16. The zero-order valence-corrected chi connectivity index (χ0v) is 19.7. The molecule has 31 heavy (non-hydrogen) atoms. The summed E-state index contributed by atoms with van der Waals surface area (Å²) < 4.78 is 28.0. The van der Waals surface area contributed by atoms with E-state index >= 15 is 0 Å². The fourth-order valence-electron chi connectivity index (χ4n) is 3.48. The number of aliphatic imine (C=N–C) groups is 1. The highest BCUT2D eigenvalue weighted by Crippen LogP contribution is 2.26. The predicted octanol–water partition coefficient (Wildman–Crippen LogP) is 2.69. The molecular weight excluding hydrogens is 515 g/mol. The van der Waals surface area contributed by atoms with E-state index in [0.29, 0.717) is 32.0 Å². The number of anilines is 1. The second kappa shape index (κ2) is 12.4. The third-order valence-electron chi connectivity index (χ3n) is 5.00. The minimum atomic E-state index is -0.565. The lowest BCUT2D eigenvalue weighted by Crippen LogP contribution is -2.47. The monoisotopic (exact) mass is 543 g/mol. The van der Waals surface area contributed by atoms with Crippen molar-refractivity contribution in [2.24, 2.45) is 4.99 Å². The van der Waals surface area contributed by atoms with Crippen molar-refractivity contribution in [3.8, 4) is 0 Å². The molecule has 1 heterocycles. The number of halogens is 3. The van der Waals surface area contributed by atoms with Crippen molar-refractivity contribution in [3.63, 3.8) is 0 Å². The zero-order valence-electron chi connectivity index (χ0n) is 17.4. The van der Waals surface area contributed by atoms with E-state index < -0.39 is 11.6 Å².